The predicted octanol–water partition coefficient (Wildman–Crippen LogP) is 3.10. The number of hydrogen-bond acceptors (Lipinski definition) is 6. The number of nitrogens with two attached hydrogens (primary N) is 2. The molecule has 2 aromatic rings. The zero-order valence-corrected chi connectivity index (χ0v) is 20.9. The normalized spacial score (nSPS) is 16.6. The van der Waals surface area contributed by atoms with E-state index < -0.39 is 24.4 Å². The van der Waals surface area contributed by atoms with E-state index in [0.29, 0.717) is 5.69 Å². The van der Waals surface area contributed by atoms with Crippen molar-refractivity contribution in [3.05, 3.63) is 52.6 Å². The van der Waals surface area contributed by atoms with Crippen LogP contribution in [0.3, 0.4) is 0 Å². The standard InChI is InChI=1S/C24H35BN4O4/c1-15-10-9-11-20(29(27)22(30)28(8)26)18(15)14-31-21-13-16(2)19(12-17(21)3)25-32-23(4,5)24(6,7)33-25/h9-13H,14,26-27H2,1-8H3. The molecule has 0 atom stereocenters. The van der Waals surface area contributed by atoms with Gasteiger partial charge in [-0.15, -0.1) is 0 Å². The first-order valence-electron chi connectivity index (χ1n) is 11.0. The second kappa shape index (κ2) is 8.98. The van der Waals surface area contributed by atoms with Gasteiger partial charge in [-0.1, -0.05) is 18.2 Å². The highest BCUT2D eigenvalue weighted by atomic mass is 16.7. The summed E-state index contributed by atoms with van der Waals surface area (Å²) < 4.78 is 18.6. The molecule has 8 nitrogen and oxygen atoms in total. The van der Waals surface area contributed by atoms with E-state index in [1.165, 1.54) is 7.05 Å². The lowest BCUT2D eigenvalue weighted by molar-refractivity contribution is 0.00578. The van der Waals surface area contributed by atoms with Crippen molar-refractivity contribution < 1.29 is 18.8 Å². The van der Waals surface area contributed by atoms with Crippen molar-refractivity contribution in [2.75, 3.05) is 12.1 Å². The topological polar surface area (TPSA) is 103 Å². The number of hydrazine groups is 2. The summed E-state index contributed by atoms with van der Waals surface area (Å²) in [5, 5.41) is 1.97. The van der Waals surface area contributed by atoms with Crippen LogP contribution < -0.4 is 26.9 Å². The quantitative estimate of drug-likeness (QED) is 0.312. The van der Waals surface area contributed by atoms with E-state index >= 15 is 0 Å². The number of carbonyl (C=O) groups excluding carboxylic acids is 1. The van der Waals surface area contributed by atoms with Crippen LogP contribution in [0.2, 0.25) is 0 Å². The molecule has 1 aliphatic rings. The summed E-state index contributed by atoms with van der Waals surface area (Å²) in [7, 11) is 1.01. The van der Waals surface area contributed by atoms with Gasteiger partial charge in [0.25, 0.3) is 0 Å². The fourth-order valence-electron chi connectivity index (χ4n) is 3.71. The molecule has 0 bridgehead atoms. The third kappa shape index (κ3) is 4.86. The first-order chi connectivity index (χ1) is 15.2. The maximum absolute atomic E-state index is 12.3. The molecule has 33 heavy (non-hydrogen) atoms. The van der Waals surface area contributed by atoms with Gasteiger partial charge in [-0.05, 0) is 82.8 Å². The van der Waals surface area contributed by atoms with Gasteiger partial charge in [0.05, 0.1) is 16.9 Å². The van der Waals surface area contributed by atoms with Crippen molar-refractivity contribution in [2.24, 2.45) is 11.7 Å². The number of aryl methyl sites for hydroxylation is 3. The molecule has 1 aliphatic heterocycles. The number of nitrogens with zero attached hydrogens (tertiary/aromatic N) is 2. The molecule has 0 saturated carbocycles. The highest BCUT2D eigenvalue weighted by Crippen LogP contribution is 2.37. The molecular weight excluding hydrogens is 419 g/mol. The van der Waals surface area contributed by atoms with Gasteiger partial charge in [-0.25, -0.2) is 21.5 Å². The summed E-state index contributed by atoms with van der Waals surface area (Å²) in [4.78, 5) is 12.3. The number of anilines is 1. The van der Waals surface area contributed by atoms with Gasteiger partial charge in [0.2, 0.25) is 0 Å². The zero-order valence-electron chi connectivity index (χ0n) is 20.9. The molecule has 0 radical (unpaired) electrons. The van der Waals surface area contributed by atoms with Gasteiger partial charge in [0.1, 0.15) is 12.4 Å². The monoisotopic (exact) mass is 454 g/mol. The molecule has 2 amide bonds. The molecule has 0 unspecified atom stereocenters. The number of ether oxygens (including phenoxy) is 1. The first-order valence-corrected chi connectivity index (χ1v) is 11.0. The predicted molar refractivity (Wildman–Crippen MR) is 131 cm³/mol. The number of carbonyl (C=O) groups is 1. The molecule has 0 spiro atoms. The third-order valence-corrected chi connectivity index (χ3v) is 6.60. The number of hydrogen-bond donors (Lipinski definition) is 2. The van der Waals surface area contributed by atoms with Crippen molar-refractivity contribution >= 4 is 24.3 Å². The molecule has 1 fully saturated rings. The van der Waals surface area contributed by atoms with E-state index in [2.05, 4.69) is 0 Å². The Labute approximate surface area is 196 Å². The van der Waals surface area contributed by atoms with Crippen molar-refractivity contribution in [3.8, 4) is 5.75 Å². The van der Waals surface area contributed by atoms with Crippen LogP contribution in [-0.2, 0) is 15.9 Å². The molecule has 3 rings (SSSR count). The minimum Gasteiger partial charge on any atom is -0.489 e. The third-order valence-electron chi connectivity index (χ3n) is 6.60. The molecule has 1 heterocycles. The van der Waals surface area contributed by atoms with E-state index in [1.807, 2.05) is 72.7 Å². The second-order valence-electron chi connectivity index (χ2n) is 9.69. The molecule has 1 saturated heterocycles. The SMILES string of the molecule is Cc1cc(B2OC(C)(C)C(C)(C)O2)c(C)cc1OCc1c(C)cccc1N(N)C(=O)N(C)N. The van der Waals surface area contributed by atoms with Crippen LogP contribution in [-0.4, -0.2) is 36.4 Å². The van der Waals surface area contributed by atoms with Gasteiger partial charge in [0, 0.05) is 12.6 Å². The van der Waals surface area contributed by atoms with Crippen LogP contribution in [0.4, 0.5) is 10.5 Å². The van der Waals surface area contributed by atoms with E-state index in [9.17, 15) is 4.79 Å². The zero-order chi connectivity index (χ0) is 24.7. The Balaban J connectivity index is 1.84. The number of amides is 2. The van der Waals surface area contributed by atoms with Crippen LogP contribution in [0.5, 0.6) is 5.75 Å². The molecule has 178 valence electrons. The van der Waals surface area contributed by atoms with E-state index in [1.54, 1.807) is 6.07 Å². The lowest BCUT2D eigenvalue weighted by Crippen LogP contribution is -2.49. The van der Waals surface area contributed by atoms with Crippen molar-refractivity contribution in [1.29, 1.82) is 0 Å². The fourth-order valence-corrected chi connectivity index (χ4v) is 3.71. The van der Waals surface area contributed by atoms with Crippen LogP contribution in [0.1, 0.15) is 49.9 Å². The Morgan fingerprint density at radius 2 is 1.61 bits per heavy atom. The van der Waals surface area contributed by atoms with E-state index in [4.69, 9.17) is 25.7 Å². The summed E-state index contributed by atoms with van der Waals surface area (Å²) >= 11 is 0. The van der Waals surface area contributed by atoms with Gasteiger partial charge < -0.3 is 14.0 Å². The molecule has 4 N–H and O–H groups in total. The van der Waals surface area contributed by atoms with Crippen LogP contribution in [0.25, 0.3) is 0 Å². The lowest BCUT2D eigenvalue weighted by atomic mass is 9.75. The highest BCUT2D eigenvalue weighted by Gasteiger charge is 2.52. The van der Waals surface area contributed by atoms with E-state index in [-0.39, 0.29) is 6.61 Å². The Morgan fingerprint density at radius 3 is 2.18 bits per heavy atom. The Bertz CT molecular complexity index is 1040. The van der Waals surface area contributed by atoms with Crippen LogP contribution in [0, 0.1) is 20.8 Å². The van der Waals surface area contributed by atoms with Crippen LogP contribution in [0.15, 0.2) is 30.3 Å². The molecule has 2 aromatic carbocycles. The Hall–Kier alpha value is -2.59. The van der Waals surface area contributed by atoms with Gasteiger partial charge in [-0.2, -0.15) is 0 Å². The maximum atomic E-state index is 12.3. The van der Waals surface area contributed by atoms with E-state index in [0.717, 1.165) is 43.5 Å². The summed E-state index contributed by atoms with van der Waals surface area (Å²) in [5.74, 6) is 12.4. The average Bonchev–Trinajstić information content (AvgIpc) is 2.94. The summed E-state index contributed by atoms with van der Waals surface area (Å²) in [6, 6.07) is 9.08. The average molecular weight is 454 g/mol. The Kier molecular flexibility index (Phi) is 6.82. The number of urea groups is 1. The maximum Gasteiger partial charge on any atom is 0.495 e. The smallest absolute Gasteiger partial charge is 0.489 e. The fraction of sp³-hybridized carbons (Fsp3) is 0.458. The summed E-state index contributed by atoms with van der Waals surface area (Å²) in [6.45, 7) is 14.4. The van der Waals surface area contributed by atoms with Crippen molar-refractivity contribution in [1.82, 2.24) is 5.01 Å². The second-order valence-corrected chi connectivity index (χ2v) is 9.69. The molecular formula is C24H35BN4O4. The summed E-state index contributed by atoms with van der Waals surface area (Å²) in [5.41, 5.74) is 4.46. The Morgan fingerprint density at radius 1 is 1.00 bits per heavy atom. The number of benzene rings is 2. The molecule has 0 aliphatic carbocycles. The molecule has 0 aromatic heterocycles. The van der Waals surface area contributed by atoms with Crippen molar-refractivity contribution in [2.45, 2.75) is 66.3 Å². The lowest BCUT2D eigenvalue weighted by Gasteiger charge is -2.32. The van der Waals surface area contributed by atoms with Crippen LogP contribution >= 0.6 is 0 Å². The largest absolute Gasteiger partial charge is 0.495 e. The minimum absolute atomic E-state index is 0.243. The minimum atomic E-state index is -0.527. The van der Waals surface area contributed by atoms with Gasteiger partial charge in [0.15, 0.2) is 0 Å². The van der Waals surface area contributed by atoms with Gasteiger partial charge in [-0.3, -0.25) is 5.01 Å². The van der Waals surface area contributed by atoms with Crippen molar-refractivity contribution in [3.63, 3.8) is 0 Å². The summed E-state index contributed by atoms with van der Waals surface area (Å²) in [6.07, 6.45) is 0. The number of rotatable bonds is 5. The van der Waals surface area contributed by atoms with Gasteiger partial charge >= 0.3 is 13.1 Å². The first kappa shape index (κ1) is 25.0. The molecule has 9 heteroatoms. The highest BCUT2D eigenvalue weighted by molar-refractivity contribution is 6.62.